The van der Waals surface area contributed by atoms with Crippen LogP contribution in [0, 0.1) is 5.92 Å². The molecule has 0 spiro atoms. The minimum absolute atomic E-state index is 0.166. The lowest BCUT2D eigenvalue weighted by molar-refractivity contribution is 0.126. The first-order valence-corrected chi connectivity index (χ1v) is 13.5. The highest BCUT2D eigenvalue weighted by atomic mass is 16.5. The molecule has 5 rings (SSSR count). The van der Waals surface area contributed by atoms with Gasteiger partial charge >= 0.3 is 0 Å². The lowest BCUT2D eigenvalue weighted by Crippen LogP contribution is -2.36. The van der Waals surface area contributed by atoms with Crippen LogP contribution in [0.2, 0.25) is 0 Å². The van der Waals surface area contributed by atoms with Crippen molar-refractivity contribution >= 4 is 17.5 Å². The van der Waals surface area contributed by atoms with Crippen LogP contribution in [0.3, 0.4) is 0 Å². The summed E-state index contributed by atoms with van der Waals surface area (Å²) in [5, 5.41) is 17.0. The van der Waals surface area contributed by atoms with Crippen LogP contribution in [-0.4, -0.2) is 63.8 Å². The number of aliphatic hydroxyl groups is 1. The van der Waals surface area contributed by atoms with Crippen molar-refractivity contribution in [2.75, 3.05) is 37.4 Å². The van der Waals surface area contributed by atoms with Gasteiger partial charge in [-0.3, -0.25) is 0 Å². The molecule has 3 heterocycles. The van der Waals surface area contributed by atoms with Crippen molar-refractivity contribution in [3.63, 3.8) is 0 Å². The van der Waals surface area contributed by atoms with E-state index in [2.05, 4.69) is 20.5 Å². The normalized spacial score (nSPS) is 24.4. The number of nitrogens with one attached hydrogen (secondary N) is 2. The van der Waals surface area contributed by atoms with Crippen molar-refractivity contribution in [3.05, 3.63) is 30.1 Å². The number of nitrogens with zero attached hydrogens (tertiary/aromatic N) is 4. The van der Waals surface area contributed by atoms with E-state index in [1.807, 2.05) is 18.3 Å². The monoisotopic (exact) mass is 480 g/mol. The summed E-state index contributed by atoms with van der Waals surface area (Å²) in [4.78, 5) is 16.5. The van der Waals surface area contributed by atoms with E-state index in [4.69, 9.17) is 14.7 Å². The molecule has 2 aromatic rings. The smallest absolute Gasteiger partial charge is 0.229 e. The van der Waals surface area contributed by atoms with Crippen LogP contribution >= 0.6 is 0 Å². The van der Waals surface area contributed by atoms with Crippen molar-refractivity contribution < 1.29 is 9.84 Å². The van der Waals surface area contributed by atoms with E-state index in [1.54, 1.807) is 13.3 Å². The molecular formula is C27H40N6O2. The Kier molecular flexibility index (Phi) is 7.99. The van der Waals surface area contributed by atoms with Crippen molar-refractivity contribution in [2.45, 2.75) is 82.3 Å². The molecule has 8 heteroatoms. The third-order valence-electron chi connectivity index (χ3n) is 8.07. The summed E-state index contributed by atoms with van der Waals surface area (Å²) in [6, 6.07) is 4.06. The quantitative estimate of drug-likeness (QED) is 0.500. The molecule has 0 atom stereocenters. The summed E-state index contributed by atoms with van der Waals surface area (Å²) in [6.45, 7) is 3.59. The van der Waals surface area contributed by atoms with Crippen molar-refractivity contribution in [2.24, 2.45) is 5.92 Å². The summed E-state index contributed by atoms with van der Waals surface area (Å²) in [5.74, 6) is 3.45. The number of aromatic nitrogens is 3. The number of methoxy groups -OCH3 is 1. The average molecular weight is 481 g/mol. The second-order valence-corrected chi connectivity index (χ2v) is 10.6. The molecule has 1 saturated heterocycles. The number of piperidine rings is 1. The number of hydrogen-bond acceptors (Lipinski definition) is 8. The second kappa shape index (κ2) is 11.5. The van der Waals surface area contributed by atoms with Gasteiger partial charge in [0.05, 0.1) is 13.2 Å². The fourth-order valence-electron chi connectivity index (χ4n) is 5.99. The van der Waals surface area contributed by atoms with Crippen LogP contribution in [-0.2, 0) is 0 Å². The molecule has 190 valence electrons. The zero-order chi connectivity index (χ0) is 24.0. The van der Waals surface area contributed by atoms with Gasteiger partial charge in [-0.25, -0.2) is 9.97 Å². The van der Waals surface area contributed by atoms with E-state index in [0.29, 0.717) is 23.8 Å². The molecule has 3 aliphatic rings. The summed E-state index contributed by atoms with van der Waals surface area (Å²) in [5.41, 5.74) is 2.08. The third kappa shape index (κ3) is 6.41. The Bertz CT molecular complexity index is 950. The number of ether oxygens (including phenoxy) is 1. The maximum absolute atomic E-state index is 9.95. The molecule has 0 bridgehead atoms. The van der Waals surface area contributed by atoms with Crippen LogP contribution < -0.4 is 15.4 Å². The zero-order valence-electron chi connectivity index (χ0n) is 21.0. The molecular weight excluding hydrogens is 440 g/mol. The van der Waals surface area contributed by atoms with Crippen molar-refractivity contribution in [3.8, 4) is 5.88 Å². The molecule has 0 aromatic carbocycles. The molecule has 2 aromatic heterocycles. The van der Waals surface area contributed by atoms with E-state index in [1.165, 1.54) is 37.8 Å². The van der Waals surface area contributed by atoms with Gasteiger partial charge in [0, 0.05) is 42.3 Å². The van der Waals surface area contributed by atoms with Crippen molar-refractivity contribution in [1.82, 2.24) is 19.9 Å². The Labute approximate surface area is 208 Å². The molecule has 2 saturated carbocycles. The SMILES string of the molecule is COc1cc(Nc2ncc(C3CCN(CC4CCCC4)CC3)c(NC3CCC(O)CC3)n2)ccn1. The van der Waals surface area contributed by atoms with Gasteiger partial charge in [-0.05, 0) is 82.4 Å². The standard InChI is InChI=1S/C27H40N6O2/c1-35-25-16-22(10-13-28-25)31-27-29-17-24(26(32-27)30-21-6-8-23(34)9-7-21)20-11-14-33(15-12-20)18-19-4-2-3-5-19/h10,13,16-17,19-21,23,34H,2-9,11-12,14-15,18H2,1H3,(H2,28,29,30,31,32). The number of aliphatic hydroxyl groups excluding tert-OH is 1. The highest BCUT2D eigenvalue weighted by Gasteiger charge is 2.28. The Balaban J connectivity index is 1.30. The highest BCUT2D eigenvalue weighted by molar-refractivity contribution is 5.57. The van der Waals surface area contributed by atoms with Gasteiger partial charge in [-0.1, -0.05) is 12.8 Å². The van der Waals surface area contributed by atoms with Gasteiger partial charge in [0.15, 0.2) is 0 Å². The molecule has 1 aliphatic heterocycles. The zero-order valence-corrected chi connectivity index (χ0v) is 21.0. The predicted molar refractivity (Wildman–Crippen MR) is 138 cm³/mol. The predicted octanol–water partition coefficient (Wildman–Crippen LogP) is 4.71. The molecule has 0 radical (unpaired) electrons. The van der Waals surface area contributed by atoms with Crippen LogP contribution in [0.15, 0.2) is 24.5 Å². The fraction of sp³-hybridized carbons (Fsp3) is 0.667. The Morgan fingerprint density at radius 3 is 2.54 bits per heavy atom. The summed E-state index contributed by atoms with van der Waals surface area (Å²) in [7, 11) is 1.61. The van der Waals surface area contributed by atoms with Gasteiger partial charge in [0.2, 0.25) is 11.8 Å². The van der Waals surface area contributed by atoms with Crippen LogP contribution in [0.1, 0.15) is 75.7 Å². The molecule has 35 heavy (non-hydrogen) atoms. The first-order valence-electron chi connectivity index (χ1n) is 13.5. The Hall–Kier alpha value is -2.45. The number of hydrogen-bond donors (Lipinski definition) is 3. The minimum atomic E-state index is -0.166. The van der Waals surface area contributed by atoms with E-state index in [-0.39, 0.29) is 6.10 Å². The van der Waals surface area contributed by atoms with E-state index in [9.17, 15) is 5.11 Å². The molecule has 0 amide bonds. The minimum Gasteiger partial charge on any atom is -0.481 e. The molecule has 0 unspecified atom stereocenters. The first kappa shape index (κ1) is 24.3. The summed E-state index contributed by atoms with van der Waals surface area (Å²) < 4.78 is 5.25. The number of likely N-dealkylation sites (tertiary alicyclic amines) is 1. The van der Waals surface area contributed by atoms with Crippen LogP contribution in [0.25, 0.3) is 0 Å². The molecule has 8 nitrogen and oxygen atoms in total. The second-order valence-electron chi connectivity index (χ2n) is 10.6. The lowest BCUT2D eigenvalue weighted by Gasteiger charge is -2.34. The van der Waals surface area contributed by atoms with Gasteiger partial charge in [-0.15, -0.1) is 0 Å². The maximum Gasteiger partial charge on any atom is 0.229 e. The fourth-order valence-corrected chi connectivity index (χ4v) is 5.99. The lowest BCUT2D eigenvalue weighted by atomic mass is 9.89. The van der Waals surface area contributed by atoms with Gasteiger partial charge in [0.25, 0.3) is 0 Å². The number of rotatable bonds is 8. The van der Waals surface area contributed by atoms with Crippen molar-refractivity contribution in [1.29, 1.82) is 0 Å². The summed E-state index contributed by atoms with van der Waals surface area (Å²) >= 11 is 0. The van der Waals surface area contributed by atoms with Crippen LogP contribution in [0.5, 0.6) is 5.88 Å². The number of anilines is 3. The Morgan fingerprint density at radius 2 is 1.80 bits per heavy atom. The molecule has 2 aliphatic carbocycles. The van der Waals surface area contributed by atoms with E-state index >= 15 is 0 Å². The van der Waals surface area contributed by atoms with Gasteiger partial charge in [-0.2, -0.15) is 4.98 Å². The molecule has 3 fully saturated rings. The maximum atomic E-state index is 9.95. The number of pyridine rings is 1. The topological polar surface area (TPSA) is 95.4 Å². The third-order valence-corrected chi connectivity index (χ3v) is 8.07. The molecule has 3 N–H and O–H groups in total. The average Bonchev–Trinajstić information content (AvgIpc) is 3.39. The van der Waals surface area contributed by atoms with Gasteiger partial charge in [0.1, 0.15) is 5.82 Å². The van der Waals surface area contributed by atoms with E-state index < -0.39 is 0 Å². The first-order chi connectivity index (χ1) is 17.2. The summed E-state index contributed by atoms with van der Waals surface area (Å²) in [6.07, 6.45) is 15.2. The Morgan fingerprint density at radius 1 is 1.03 bits per heavy atom. The van der Waals surface area contributed by atoms with Crippen LogP contribution in [0.4, 0.5) is 17.5 Å². The highest BCUT2D eigenvalue weighted by Crippen LogP contribution is 2.35. The van der Waals surface area contributed by atoms with Gasteiger partial charge < -0.3 is 25.4 Å². The largest absolute Gasteiger partial charge is 0.481 e. The van der Waals surface area contributed by atoms with E-state index in [0.717, 1.165) is 69.0 Å².